The molecule has 2 aromatic carbocycles. The number of hydrogen-bond donors (Lipinski definition) is 2. The van der Waals surface area contributed by atoms with Gasteiger partial charge in [0.25, 0.3) is 5.91 Å². The molecule has 2 aromatic rings. The maximum atomic E-state index is 13.0. The third-order valence-corrected chi connectivity index (χ3v) is 6.04. The van der Waals surface area contributed by atoms with Gasteiger partial charge in [-0.25, -0.2) is 0 Å². The minimum absolute atomic E-state index is 0.0373. The van der Waals surface area contributed by atoms with Gasteiger partial charge in [-0.05, 0) is 55.5 Å². The van der Waals surface area contributed by atoms with Gasteiger partial charge < -0.3 is 16.0 Å². The third-order valence-electron chi connectivity index (χ3n) is 6.04. The minimum atomic E-state index is -0.757. The van der Waals surface area contributed by atoms with Crippen LogP contribution in [-0.4, -0.2) is 28.8 Å². The van der Waals surface area contributed by atoms with Crippen LogP contribution >= 0.6 is 0 Å². The second-order valence-electron chi connectivity index (χ2n) is 7.96. The Morgan fingerprint density at radius 1 is 0.964 bits per heavy atom. The molecule has 2 aliphatic rings. The molecule has 1 aliphatic carbocycles. The van der Waals surface area contributed by atoms with E-state index in [1.54, 1.807) is 24.3 Å². The molecule has 0 bridgehead atoms. The average molecular weight is 377 g/mol. The smallest absolute Gasteiger partial charge is 0.254 e. The van der Waals surface area contributed by atoms with Crippen LogP contribution in [0.3, 0.4) is 0 Å². The Kier molecular flexibility index (Phi) is 5.18. The van der Waals surface area contributed by atoms with Gasteiger partial charge in [0, 0.05) is 17.8 Å². The molecule has 1 heterocycles. The van der Waals surface area contributed by atoms with Crippen LogP contribution in [0.2, 0.25) is 0 Å². The fourth-order valence-corrected chi connectivity index (χ4v) is 4.38. The van der Waals surface area contributed by atoms with Gasteiger partial charge in [-0.15, -0.1) is 0 Å². The number of carbonyl (C=O) groups excluding carboxylic acids is 2. The summed E-state index contributed by atoms with van der Waals surface area (Å²) in [6.45, 7) is 0.770. The van der Waals surface area contributed by atoms with E-state index in [4.69, 9.17) is 5.73 Å². The number of rotatable bonds is 4. The summed E-state index contributed by atoms with van der Waals surface area (Å²) in [5.41, 5.74) is 7.96. The van der Waals surface area contributed by atoms with Gasteiger partial charge in [0.05, 0.1) is 11.6 Å². The highest BCUT2D eigenvalue weighted by Gasteiger charge is 2.37. The van der Waals surface area contributed by atoms with Crippen molar-refractivity contribution in [1.29, 1.82) is 0 Å². The maximum absolute atomic E-state index is 13.0. The molecule has 28 heavy (non-hydrogen) atoms. The molecule has 1 saturated carbocycles. The maximum Gasteiger partial charge on any atom is 0.254 e. The summed E-state index contributed by atoms with van der Waals surface area (Å²) in [4.78, 5) is 27.5. The lowest BCUT2D eigenvalue weighted by Gasteiger charge is -2.25. The zero-order chi connectivity index (χ0) is 19.6. The highest BCUT2D eigenvalue weighted by atomic mass is 16.2. The first-order valence-electron chi connectivity index (χ1n) is 10.1. The van der Waals surface area contributed by atoms with Crippen molar-refractivity contribution < 1.29 is 9.59 Å². The van der Waals surface area contributed by atoms with Crippen LogP contribution in [0.25, 0.3) is 0 Å². The second-order valence-corrected chi connectivity index (χ2v) is 7.96. The highest BCUT2D eigenvalue weighted by Crippen LogP contribution is 2.33. The monoisotopic (exact) mass is 377 g/mol. The molecular formula is C23H27N3O2. The number of nitrogens with one attached hydrogen (secondary N) is 1. The molecule has 4 rings (SSSR count). The SMILES string of the molecule is NC1(C(=O)Nc2ccc(C(=O)N3CCCC3c3ccccc3)cc2)CCCC1. The molecule has 2 amide bonds. The molecule has 5 nitrogen and oxygen atoms in total. The molecule has 0 spiro atoms. The lowest BCUT2D eigenvalue weighted by Crippen LogP contribution is -2.48. The Morgan fingerprint density at radius 2 is 1.64 bits per heavy atom. The molecule has 0 radical (unpaired) electrons. The fraction of sp³-hybridized carbons (Fsp3) is 0.391. The van der Waals surface area contributed by atoms with Crippen LogP contribution < -0.4 is 11.1 Å². The van der Waals surface area contributed by atoms with E-state index in [0.29, 0.717) is 11.3 Å². The van der Waals surface area contributed by atoms with E-state index in [1.807, 2.05) is 23.1 Å². The van der Waals surface area contributed by atoms with Gasteiger partial charge in [0.2, 0.25) is 5.91 Å². The molecule has 2 fully saturated rings. The number of nitrogens with zero attached hydrogens (tertiary/aromatic N) is 1. The van der Waals surface area contributed by atoms with E-state index in [-0.39, 0.29) is 17.9 Å². The van der Waals surface area contributed by atoms with Crippen molar-refractivity contribution in [2.24, 2.45) is 5.73 Å². The fourth-order valence-electron chi connectivity index (χ4n) is 4.38. The zero-order valence-electron chi connectivity index (χ0n) is 16.1. The minimum Gasteiger partial charge on any atom is -0.332 e. The Balaban J connectivity index is 1.44. The summed E-state index contributed by atoms with van der Waals surface area (Å²) >= 11 is 0. The number of amides is 2. The predicted octanol–water partition coefficient (Wildman–Crippen LogP) is 3.87. The first kappa shape index (κ1) is 18.7. The van der Waals surface area contributed by atoms with Crippen LogP contribution in [0.5, 0.6) is 0 Å². The summed E-state index contributed by atoms with van der Waals surface area (Å²) < 4.78 is 0. The van der Waals surface area contributed by atoms with Crippen LogP contribution in [0.15, 0.2) is 54.6 Å². The number of nitrogens with two attached hydrogens (primary N) is 1. The van der Waals surface area contributed by atoms with E-state index < -0.39 is 5.54 Å². The molecule has 146 valence electrons. The van der Waals surface area contributed by atoms with Crippen LogP contribution in [-0.2, 0) is 4.79 Å². The van der Waals surface area contributed by atoms with Crippen molar-refractivity contribution >= 4 is 17.5 Å². The van der Waals surface area contributed by atoms with E-state index in [0.717, 1.165) is 45.1 Å². The number of hydrogen-bond acceptors (Lipinski definition) is 3. The molecule has 1 aliphatic heterocycles. The van der Waals surface area contributed by atoms with Crippen molar-refractivity contribution in [2.45, 2.75) is 50.1 Å². The van der Waals surface area contributed by atoms with E-state index in [9.17, 15) is 9.59 Å². The largest absolute Gasteiger partial charge is 0.332 e. The number of benzene rings is 2. The Morgan fingerprint density at radius 3 is 2.32 bits per heavy atom. The quantitative estimate of drug-likeness (QED) is 0.849. The third kappa shape index (κ3) is 3.67. The number of anilines is 1. The lowest BCUT2D eigenvalue weighted by molar-refractivity contribution is -0.121. The van der Waals surface area contributed by atoms with E-state index in [1.165, 1.54) is 5.56 Å². The topological polar surface area (TPSA) is 75.4 Å². The highest BCUT2D eigenvalue weighted by molar-refractivity contribution is 5.99. The van der Waals surface area contributed by atoms with Crippen LogP contribution in [0.1, 0.15) is 60.5 Å². The standard InChI is InChI=1S/C23H27N3O2/c24-23(14-4-5-15-23)22(28)25-19-12-10-18(11-13-19)21(27)26-16-6-9-20(26)17-7-2-1-3-8-17/h1-3,7-8,10-13,20H,4-6,9,14-16,24H2,(H,25,28). The number of carbonyl (C=O) groups is 2. The van der Waals surface area contributed by atoms with Crippen molar-refractivity contribution in [3.8, 4) is 0 Å². The zero-order valence-corrected chi connectivity index (χ0v) is 16.1. The Hall–Kier alpha value is -2.66. The summed E-state index contributed by atoms with van der Waals surface area (Å²) in [5.74, 6) is -0.0944. The lowest BCUT2D eigenvalue weighted by atomic mass is 9.98. The first-order chi connectivity index (χ1) is 13.6. The van der Waals surface area contributed by atoms with Crippen molar-refractivity contribution in [2.75, 3.05) is 11.9 Å². The molecule has 1 atom stereocenters. The summed E-state index contributed by atoms with van der Waals surface area (Å²) in [7, 11) is 0. The van der Waals surface area contributed by atoms with E-state index in [2.05, 4.69) is 17.4 Å². The molecule has 3 N–H and O–H groups in total. The summed E-state index contributed by atoms with van der Waals surface area (Å²) in [6.07, 6.45) is 5.45. The molecule has 5 heteroatoms. The van der Waals surface area contributed by atoms with Gasteiger partial charge in [0.15, 0.2) is 0 Å². The summed E-state index contributed by atoms with van der Waals surface area (Å²) in [6, 6.07) is 17.5. The first-order valence-corrected chi connectivity index (χ1v) is 10.1. The molecular weight excluding hydrogens is 350 g/mol. The van der Waals surface area contributed by atoms with Gasteiger partial charge in [-0.2, -0.15) is 0 Å². The van der Waals surface area contributed by atoms with Crippen molar-refractivity contribution in [3.05, 3.63) is 65.7 Å². The molecule has 0 aromatic heterocycles. The summed E-state index contributed by atoms with van der Waals surface area (Å²) in [5, 5.41) is 2.91. The average Bonchev–Trinajstić information content (AvgIpc) is 3.39. The molecule has 1 saturated heterocycles. The van der Waals surface area contributed by atoms with Crippen LogP contribution in [0, 0.1) is 0 Å². The Bertz CT molecular complexity index is 842. The Labute approximate surface area is 165 Å². The van der Waals surface area contributed by atoms with Gasteiger partial charge in [-0.3, -0.25) is 9.59 Å². The van der Waals surface area contributed by atoms with Crippen molar-refractivity contribution in [3.63, 3.8) is 0 Å². The second kappa shape index (κ2) is 7.76. The van der Waals surface area contributed by atoms with E-state index >= 15 is 0 Å². The normalized spacial score (nSPS) is 20.9. The van der Waals surface area contributed by atoms with Crippen LogP contribution in [0.4, 0.5) is 5.69 Å². The predicted molar refractivity (Wildman–Crippen MR) is 110 cm³/mol. The number of likely N-dealkylation sites (tertiary alicyclic amines) is 1. The van der Waals surface area contributed by atoms with Gasteiger partial charge in [-0.1, -0.05) is 43.2 Å². The van der Waals surface area contributed by atoms with Gasteiger partial charge in [0.1, 0.15) is 0 Å². The van der Waals surface area contributed by atoms with Gasteiger partial charge >= 0.3 is 0 Å². The molecule has 1 unspecified atom stereocenters. The van der Waals surface area contributed by atoms with Crippen molar-refractivity contribution in [1.82, 2.24) is 4.90 Å².